The molecule has 8 nitrogen and oxygen atoms in total. The number of hydrogen-bond donors (Lipinski definition) is 1. The Morgan fingerprint density at radius 3 is 2.33 bits per heavy atom. The summed E-state index contributed by atoms with van der Waals surface area (Å²) in [6.45, 7) is 1.76. The average molecular weight is 394 g/mol. The monoisotopic (exact) mass is 394 g/mol. The standard InChI is InChI=1S/C18H22N2O6S/c1-13(4-5-14-6-9-16(25-2)10-7-14)19-27(23,24)18-11-8-15(20(21)22)12-17(18)26-3/h6-13,19H,4-5H2,1-3H3. The summed E-state index contributed by atoms with van der Waals surface area (Å²) in [5, 5.41) is 10.8. The number of nitrogens with one attached hydrogen (secondary N) is 1. The minimum Gasteiger partial charge on any atom is -0.497 e. The van der Waals surface area contributed by atoms with Gasteiger partial charge in [0.15, 0.2) is 0 Å². The molecular weight excluding hydrogens is 372 g/mol. The van der Waals surface area contributed by atoms with E-state index in [1.54, 1.807) is 14.0 Å². The SMILES string of the molecule is COc1ccc(CCC(C)NS(=O)(=O)c2ccc([N+](=O)[O-])cc2OC)cc1. The highest BCUT2D eigenvalue weighted by atomic mass is 32.2. The predicted octanol–water partition coefficient (Wildman–Crippen LogP) is 2.91. The van der Waals surface area contributed by atoms with Gasteiger partial charge in [-0.25, -0.2) is 13.1 Å². The van der Waals surface area contributed by atoms with E-state index in [1.165, 1.54) is 13.2 Å². The molecule has 1 atom stereocenters. The van der Waals surface area contributed by atoms with Gasteiger partial charge in [0.05, 0.1) is 25.2 Å². The van der Waals surface area contributed by atoms with Crippen LogP contribution in [0.15, 0.2) is 47.4 Å². The summed E-state index contributed by atoms with van der Waals surface area (Å²) in [6, 6.07) is 10.6. The lowest BCUT2D eigenvalue weighted by Gasteiger charge is -2.16. The number of aryl methyl sites for hydroxylation is 1. The van der Waals surface area contributed by atoms with Gasteiger partial charge in [0.1, 0.15) is 16.4 Å². The highest BCUT2D eigenvalue weighted by Crippen LogP contribution is 2.28. The molecule has 2 rings (SSSR count). The van der Waals surface area contributed by atoms with Crippen LogP contribution in [-0.4, -0.2) is 33.6 Å². The molecule has 1 unspecified atom stereocenters. The van der Waals surface area contributed by atoms with Crippen molar-refractivity contribution in [3.8, 4) is 11.5 Å². The fourth-order valence-corrected chi connectivity index (χ4v) is 3.98. The molecule has 0 aromatic heterocycles. The van der Waals surface area contributed by atoms with Crippen LogP contribution in [0, 0.1) is 10.1 Å². The quantitative estimate of drug-likeness (QED) is 0.517. The van der Waals surface area contributed by atoms with E-state index in [0.717, 1.165) is 23.4 Å². The van der Waals surface area contributed by atoms with E-state index in [1.807, 2.05) is 24.3 Å². The lowest BCUT2D eigenvalue weighted by molar-refractivity contribution is -0.385. The first-order valence-electron chi connectivity index (χ1n) is 8.24. The third kappa shape index (κ3) is 5.41. The second-order valence-electron chi connectivity index (χ2n) is 6.00. The number of methoxy groups -OCH3 is 2. The maximum Gasteiger partial charge on any atom is 0.273 e. The molecule has 0 radical (unpaired) electrons. The Morgan fingerprint density at radius 2 is 1.78 bits per heavy atom. The van der Waals surface area contributed by atoms with E-state index < -0.39 is 14.9 Å². The molecule has 0 saturated heterocycles. The first-order valence-corrected chi connectivity index (χ1v) is 9.73. The number of nitro benzene ring substituents is 1. The van der Waals surface area contributed by atoms with E-state index in [9.17, 15) is 18.5 Å². The largest absolute Gasteiger partial charge is 0.497 e. The smallest absolute Gasteiger partial charge is 0.273 e. The summed E-state index contributed by atoms with van der Waals surface area (Å²) < 4.78 is 38.0. The van der Waals surface area contributed by atoms with Crippen LogP contribution in [0.3, 0.4) is 0 Å². The Kier molecular flexibility index (Phi) is 6.75. The first-order chi connectivity index (χ1) is 12.8. The zero-order valence-corrected chi connectivity index (χ0v) is 16.2. The average Bonchev–Trinajstić information content (AvgIpc) is 2.65. The first kappa shape index (κ1) is 20.7. The van der Waals surface area contributed by atoms with Crippen molar-refractivity contribution in [2.75, 3.05) is 14.2 Å². The van der Waals surface area contributed by atoms with Crippen molar-refractivity contribution in [2.24, 2.45) is 0 Å². The van der Waals surface area contributed by atoms with E-state index >= 15 is 0 Å². The highest BCUT2D eigenvalue weighted by molar-refractivity contribution is 7.89. The van der Waals surface area contributed by atoms with Crippen molar-refractivity contribution in [3.05, 3.63) is 58.1 Å². The summed E-state index contributed by atoms with van der Waals surface area (Å²) >= 11 is 0. The van der Waals surface area contributed by atoms with Gasteiger partial charge in [-0.05, 0) is 43.5 Å². The normalized spacial score (nSPS) is 12.4. The summed E-state index contributed by atoms with van der Waals surface area (Å²) in [6.07, 6.45) is 1.27. The lowest BCUT2D eigenvalue weighted by Crippen LogP contribution is -2.33. The number of rotatable bonds is 9. The zero-order chi connectivity index (χ0) is 20.0. The van der Waals surface area contributed by atoms with Crippen LogP contribution in [0.5, 0.6) is 11.5 Å². The molecule has 146 valence electrons. The van der Waals surface area contributed by atoms with Crippen molar-refractivity contribution in [3.63, 3.8) is 0 Å². The van der Waals surface area contributed by atoms with Crippen LogP contribution >= 0.6 is 0 Å². The van der Waals surface area contributed by atoms with Gasteiger partial charge in [-0.3, -0.25) is 10.1 Å². The van der Waals surface area contributed by atoms with Gasteiger partial charge in [-0.2, -0.15) is 0 Å². The van der Waals surface area contributed by atoms with Crippen LogP contribution < -0.4 is 14.2 Å². The molecule has 0 bridgehead atoms. The highest BCUT2D eigenvalue weighted by Gasteiger charge is 2.23. The van der Waals surface area contributed by atoms with Crippen molar-refractivity contribution >= 4 is 15.7 Å². The Morgan fingerprint density at radius 1 is 1.11 bits per heavy atom. The zero-order valence-electron chi connectivity index (χ0n) is 15.3. The summed E-state index contributed by atoms with van der Waals surface area (Å²) in [7, 11) is -1.01. The summed E-state index contributed by atoms with van der Waals surface area (Å²) in [5.41, 5.74) is 0.827. The Bertz CT molecular complexity index is 897. The molecule has 0 aliphatic rings. The lowest BCUT2D eigenvalue weighted by atomic mass is 10.1. The third-order valence-corrected chi connectivity index (χ3v) is 5.66. The molecule has 0 spiro atoms. The fourth-order valence-electron chi connectivity index (χ4n) is 2.55. The number of nitrogens with zero attached hydrogens (tertiary/aromatic N) is 1. The topological polar surface area (TPSA) is 108 Å². The van der Waals surface area contributed by atoms with Gasteiger partial charge in [0, 0.05) is 12.1 Å². The maximum atomic E-state index is 12.6. The van der Waals surface area contributed by atoms with E-state index in [-0.39, 0.29) is 22.4 Å². The van der Waals surface area contributed by atoms with Crippen LogP contribution in [0.4, 0.5) is 5.69 Å². The van der Waals surface area contributed by atoms with Gasteiger partial charge in [-0.1, -0.05) is 12.1 Å². The minimum absolute atomic E-state index is 0.0703. The van der Waals surface area contributed by atoms with Gasteiger partial charge in [0.2, 0.25) is 10.0 Å². The number of sulfonamides is 1. The third-order valence-electron chi connectivity index (χ3n) is 4.03. The van der Waals surface area contributed by atoms with E-state index in [0.29, 0.717) is 12.8 Å². The van der Waals surface area contributed by atoms with Gasteiger partial charge >= 0.3 is 0 Å². The van der Waals surface area contributed by atoms with Crippen LogP contribution in [-0.2, 0) is 16.4 Å². The van der Waals surface area contributed by atoms with Crippen molar-refractivity contribution in [2.45, 2.75) is 30.7 Å². The second-order valence-corrected chi connectivity index (χ2v) is 7.68. The fraction of sp³-hybridized carbons (Fsp3) is 0.333. The number of benzene rings is 2. The molecule has 2 aromatic carbocycles. The maximum absolute atomic E-state index is 12.6. The number of nitro groups is 1. The predicted molar refractivity (Wildman–Crippen MR) is 101 cm³/mol. The van der Waals surface area contributed by atoms with Gasteiger partial charge in [0.25, 0.3) is 5.69 Å². The Hall–Kier alpha value is -2.65. The molecule has 9 heteroatoms. The van der Waals surface area contributed by atoms with Crippen LogP contribution in [0.25, 0.3) is 0 Å². The molecule has 0 amide bonds. The van der Waals surface area contributed by atoms with E-state index in [4.69, 9.17) is 9.47 Å². The number of non-ortho nitro benzene ring substituents is 1. The van der Waals surface area contributed by atoms with E-state index in [2.05, 4.69) is 4.72 Å². The Balaban J connectivity index is 2.07. The molecule has 0 heterocycles. The number of hydrogen-bond acceptors (Lipinski definition) is 6. The molecule has 0 fully saturated rings. The summed E-state index contributed by atoms with van der Waals surface area (Å²) in [4.78, 5) is 10.1. The molecular formula is C18H22N2O6S. The van der Waals surface area contributed by atoms with Crippen LogP contribution in [0.1, 0.15) is 18.9 Å². The summed E-state index contributed by atoms with van der Waals surface area (Å²) in [5.74, 6) is 0.692. The second kappa shape index (κ2) is 8.83. The molecule has 1 N–H and O–H groups in total. The van der Waals surface area contributed by atoms with Gasteiger partial charge < -0.3 is 9.47 Å². The van der Waals surface area contributed by atoms with Gasteiger partial charge in [-0.15, -0.1) is 0 Å². The van der Waals surface area contributed by atoms with Crippen molar-refractivity contribution in [1.82, 2.24) is 4.72 Å². The molecule has 27 heavy (non-hydrogen) atoms. The Labute approximate surface area is 158 Å². The molecule has 0 aliphatic carbocycles. The van der Waals surface area contributed by atoms with Crippen molar-refractivity contribution < 1.29 is 22.8 Å². The van der Waals surface area contributed by atoms with Crippen molar-refractivity contribution in [1.29, 1.82) is 0 Å². The minimum atomic E-state index is -3.88. The molecule has 2 aromatic rings. The molecule has 0 saturated carbocycles. The molecule has 0 aliphatic heterocycles. The number of ether oxygens (including phenoxy) is 2. The van der Waals surface area contributed by atoms with Crippen LogP contribution in [0.2, 0.25) is 0 Å².